The lowest BCUT2D eigenvalue weighted by Crippen LogP contribution is -2.36. The lowest BCUT2D eigenvalue weighted by atomic mass is 10.1. The molecule has 1 aromatic rings. The minimum atomic E-state index is 0.0106. The molecule has 0 atom stereocenters. The molecule has 1 heterocycles. The molecule has 20 heavy (non-hydrogen) atoms. The molecule has 1 rings (SSSR count). The van der Waals surface area contributed by atoms with Gasteiger partial charge in [-0.25, -0.2) is 0 Å². The Labute approximate surface area is 119 Å². The largest absolute Gasteiger partial charge is 0.383 e. The van der Waals surface area contributed by atoms with E-state index in [4.69, 9.17) is 10.00 Å². The predicted octanol–water partition coefficient (Wildman–Crippen LogP) is 0.968. The third-order valence-corrected chi connectivity index (χ3v) is 3.40. The van der Waals surface area contributed by atoms with Crippen molar-refractivity contribution in [1.29, 1.82) is 5.26 Å². The van der Waals surface area contributed by atoms with Gasteiger partial charge in [-0.05, 0) is 13.8 Å². The summed E-state index contributed by atoms with van der Waals surface area (Å²) < 4.78 is 6.80. The Kier molecular flexibility index (Phi) is 6.19. The molecule has 1 aromatic heterocycles. The number of carbonyl (C=O) groups is 1. The van der Waals surface area contributed by atoms with Crippen LogP contribution >= 0.6 is 0 Å². The van der Waals surface area contributed by atoms with Crippen LogP contribution in [0.1, 0.15) is 23.4 Å². The van der Waals surface area contributed by atoms with E-state index in [-0.39, 0.29) is 5.91 Å². The van der Waals surface area contributed by atoms with Crippen molar-refractivity contribution in [2.24, 2.45) is 7.05 Å². The molecule has 1 amide bonds. The van der Waals surface area contributed by atoms with Crippen LogP contribution in [0.4, 0.5) is 0 Å². The number of amides is 1. The van der Waals surface area contributed by atoms with E-state index in [2.05, 4.69) is 11.2 Å². The van der Waals surface area contributed by atoms with E-state index >= 15 is 0 Å². The Balaban J connectivity index is 2.76. The van der Waals surface area contributed by atoms with Gasteiger partial charge in [0, 0.05) is 38.5 Å². The van der Waals surface area contributed by atoms with Crippen LogP contribution in [0.25, 0.3) is 0 Å². The standard InChI is InChI=1S/C14H22N4O2/c1-11-13(12(2)17(3)16-11)10-14(19)18(7-5-6-15)8-9-20-4/h5,7-10H2,1-4H3. The van der Waals surface area contributed by atoms with Crippen LogP contribution in [0, 0.1) is 25.2 Å². The van der Waals surface area contributed by atoms with Gasteiger partial charge in [0.1, 0.15) is 0 Å². The van der Waals surface area contributed by atoms with Gasteiger partial charge in [0.15, 0.2) is 0 Å². The number of rotatable bonds is 7. The van der Waals surface area contributed by atoms with E-state index in [0.29, 0.717) is 32.5 Å². The summed E-state index contributed by atoms with van der Waals surface area (Å²) in [4.78, 5) is 14.0. The molecule has 0 aliphatic rings. The lowest BCUT2D eigenvalue weighted by molar-refractivity contribution is -0.131. The van der Waals surface area contributed by atoms with Crippen molar-refractivity contribution in [3.63, 3.8) is 0 Å². The van der Waals surface area contributed by atoms with Crippen LogP contribution in [-0.4, -0.2) is 47.4 Å². The maximum absolute atomic E-state index is 12.4. The third kappa shape index (κ3) is 4.07. The molecule has 0 radical (unpaired) electrons. The minimum Gasteiger partial charge on any atom is -0.383 e. The molecule has 0 bridgehead atoms. The molecule has 0 fully saturated rings. The summed E-state index contributed by atoms with van der Waals surface area (Å²) in [6.45, 7) is 5.29. The second-order valence-electron chi connectivity index (χ2n) is 4.73. The molecule has 0 aliphatic heterocycles. The van der Waals surface area contributed by atoms with Gasteiger partial charge in [0.05, 0.1) is 31.2 Å². The van der Waals surface area contributed by atoms with E-state index < -0.39 is 0 Å². The summed E-state index contributed by atoms with van der Waals surface area (Å²) in [5.41, 5.74) is 2.85. The molecule has 0 aromatic carbocycles. The summed E-state index contributed by atoms with van der Waals surface area (Å²) in [5, 5.41) is 13.0. The molecule has 0 spiro atoms. The Morgan fingerprint density at radius 1 is 1.45 bits per heavy atom. The average Bonchev–Trinajstić information content (AvgIpc) is 2.65. The lowest BCUT2D eigenvalue weighted by Gasteiger charge is -2.21. The van der Waals surface area contributed by atoms with Crippen LogP contribution in [0.3, 0.4) is 0 Å². The number of ether oxygens (including phenoxy) is 1. The number of nitrogens with zero attached hydrogens (tertiary/aromatic N) is 4. The van der Waals surface area contributed by atoms with Crippen molar-refractivity contribution in [3.8, 4) is 6.07 Å². The molecule has 0 saturated heterocycles. The highest BCUT2D eigenvalue weighted by atomic mass is 16.5. The van der Waals surface area contributed by atoms with Crippen molar-refractivity contribution in [2.45, 2.75) is 26.7 Å². The zero-order valence-corrected chi connectivity index (χ0v) is 12.6. The summed E-state index contributed by atoms with van der Waals surface area (Å²) in [7, 11) is 3.47. The molecular formula is C14H22N4O2. The van der Waals surface area contributed by atoms with Gasteiger partial charge in [0.25, 0.3) is 0 Å². The first-order chi connectivity index (χ1) is 9.51. The van der Waals surface area contributed by atoms with Gasteiger partial charge < -0.3 is 9.64 Å². The maximum Gasteiger partial charge on any atom is 0.227 e. The molecule has 0 unspecified atom stereocenters. The van der Waals surface area contributed by atoms with E-state index in [1.54, 1.807) is 16.7 Å². The van der Waals surface area contributed by atoms with Crippen LogP contribution in [-0.2, 0) is 23.0 Å². The summed E-state index contributed by atoms with van der Waals surface area (Å²) in [6.07, 6.45) is 0.654. The van der Waals surface area contributed by atoms with E-state index in [1.807, 2.05) is 20.9 Å². The second kappa shape index (κ2) is 7.65. The zero-order valence-electron chi connectivity index (χ0n) is 12.6. The molecule has 0 N–H and O–H groups in total. The van der Waals surface area contributed by atoms with Crippen molar-refractivity contribution >= 4 is 5.91 Å². The third-order valence-electron chi connectivity index (χ3n) is 3.40. The SMILES string of the molecule is COCCN(CCC#N)C(=O)Cc1c(C)nn(C)c1C. The quantitative estimate of drug-likeness (QED) is 0.745. The predicted molar refractivity (Wildman–Crippen MR) is 75.1 cm³/mol. The Morgan fingerprint density at radius 3 is 2.65 bits per heavy atom. The molecule has 6 heteroatoms. The highest BCUT2D eigenvalue weighted by Gasteiger charge is 2.18. The van der Waals surface area contributed by atoms with Gasteiger partial charge >= 0.3 is 0 Å². The van der Waals surface area contributed by atoms with Crippen molar-refractivity contribution in [2.75, 3.05) is 26.8 Å². The van der Waals surface area contributed by atoms with Crippen molar-refractivity contribution in [1.82, 2.24) is 14.7 Å². The Morgan fingerprint density at radius 2 is 2.15 bits per heavy atom. The maximum atomic E-state index is 12.4. The fourth-order valence-electron chi connectivity index (χ4n) is 2.08. The number of aromatic nitrogens is 2. The molecule has 0 saturated carbocycles. The first kappa shape index (κ1) is 16.2. The van der Waals surface area contributed by atoms with Gasteiger partial charge in [-0.3, -0.25) is 9.48 Å². The monoisotopic (exact) mass is 278 g/mol. The fourth-order valence-corrected chi connectivity index (χ4v) is 2.08. The first-order valence-corrected chi connectivity index (χ1v) is 6.64. The number of aryl methyl sites for hydroxylation is 2. The van der Waals surface area contributed by atoms with Crippen LogP contribution in [0.5, 0.6) is 0 Å². The van der Waals surface area contributed by atoms with Crippen LogP contribution < -0.4 is 0 Å². The molecule has 110 valence electrons. The van der Waals surface area contributed by atoms with Crippen LogP contribution in [0.15, 0.2) is 0 Å². The number of hydrogen-bond acceptors (Lipinski definition) is 4. The molecule has 6 nitrogen and oxygen atoms in total. The van der Waals surface area contributed by atoms with Crippen molar-refractivity contribution < 1.29 is 9.53 Å². The molecule has 0 aliphatic carbocycles. The highest BCUT2D eigenvalue weighted by Crippen LogP contribution is 2.13. The van der Waals surface area contributed by atoms with Gasteiger partial charge in [-0.15, -0.1) is 0 Å². The van der Waals surface area contributed by atoms with Crippen molar-refractivity contribution in [3.05, 3.63) is 17.0 Å². The second-order valence-corrected chi connectivity index (χ2v) is 4.73. The van der Waals surface area contributed by atoms with E-state index in [1.165, 1.54) is 0 Å². The highest BCUT2D eigenvalue weighted by molar-refractivity contribution is 5.79. The zero-order chi connectivity index (χ0) is 15.1. The number of methoxy groups -OCH3 is 1. The number of carbonyl (C=O) groups excluding carboxylic acids is 1. The Hall–Kier alpha value is -1.87. The average molecular weight is 278 g/mol. The summed E-state index contributed by atoms with van der Waals surface area (Å²) >= 11 is 0. The van der Waals surface area contributed by atoms with E-state index in [9.17, 15) is 4.79 Å². The topological polar surface area (TPSA) is 71.2 Å². The minimum absolute atomic E-state index is 0.0106. The van der Waals surface area contributed by atoms with Gasteiger partial charge in [-0.2, -0.15) is 10.4 Å². The fraction of sp³-hybridized carbons (Fsp3) is 0.643. The van der Waals surface area contributed by atoms with E-state index in [0.717, 1.165) is 17.0 Å². The normalized spacial score (nSPS) is 10.3. The van der Waals surface area contributed by atoms with Gasteiger partial charge in [-0.1, -0.05) is 0 Å². The number of nitriles is 1. The summed E-state index contributed by atoms with van der Waals surface area (Å²) in [6, 6.07) is 2.07. The Bertz CT molecular complexity index is 502. The van der Waals surface area contributed by atoms with Gasteiger partial charge in [0.2, 0.25) is 5.91 Å². The molecular weight excluding hydrogens is 256 g/mol. The first-order valence-electron chi connectivity index (χ1n) is 6.64. The summed E-state index contributed by atoms with van der Waals surface area (Å²) in [5.74, 6) is 0.0106. The number of hydrogen-bond donors (Lipinski definition) is 0. The smallest absolute Gasteiger partial charge is 0.227 e. The van der Waals surface area contributed by atoms with Crippen LogP contribution in [0.2, 0.25) is 0 Å².